The number of benzene rings is 2. The van der Waals surface area contributed by atoms with E-state index >= 15 is 0 Å². The van der Waals surface area contributed by atoms with E-state index in [0.717, 1.165) is 36.8 Å². The Balaban J connectivity index is 1.60. The molecule has 0 N–H and O–H groups in total. The first-order chi connectivity index (χ1) is 13.5. The van der Waals surface area contributed by atoms with Gasteiger partial charge in [0.1, 0.15) is 17.2 Å². The number of hydrogen-bond acceptors (Lipinski definition) is 2. The summed E-state index contributed by atoms with van der Waals surface area (Å²) in [6.07, 6.45) is 8.91. The fraction of sp³-hybridized carbons (Fsp3) is 0.542. The van der Waals surface area contributed by atoms with Gasteiger partial charge in [-0.1, -0.05) is 38.0 Å². The van der Waals surface area contributed by atoms with Crippen molar-refractivity contribution in [3.05, 3.63) is 47.0 Å². The molecule has 2 aliphatic carbocycles. The Bertz CT molecular complexity index is 892. The van der Waals surface area contributed by atoms with Crippen molar-refractivity contribution in [3.8, 4) is 0 Å². The van der Waals surface area contributed by atoms with Gasteiger partial charge in [0.05, 0.1) is 7.11 Å². The highest BCUT2D eigenvalue weighted by Gasteiger charge is 2.35. The molecule has 2 aliphatic rings. The van der Waals surface area contributed by atoms with Crippen molar-refractivity contribution in [1.29, 1.82) is 0 Å². The Labute approximate surface area is 165 Å². The van der Waals surface area contributed by atoms with Crippen LogP contribution in [-0.4, -0.2) is 13.1 Å². The standard InChI is InChI=1S/C24H28F2O2/c1-3-14-4-5-16-11-17(7-6-15(16)10-14)18-8-9-20-19(12-18)13-21(25)22(23(20)26)24(27)28-2/h8-9,12-17H,3-7,10-11H2,1-2H3/t14?,15-,16+,17?/m0/s1. The molecule has 0 amide bonds. The van der Waals surface area contributed by atoms with Crippen LogP contribution in [0.2, 0.25) is 0 Å². The molecule has 0 saturated heterocycles. The first-order valence-corrected chi connectivity index (χ1v) is 10.5. The summed E-state index contributed by atoms with van der Waals surface area (Å²) in [7, 11) is 1.12. The van der Waals surface area contributed by atoms with Crippen molar-refractivity contribution in [2.75, 3.05) is 7.11 Å². The van der Waals surface area contributed by atoms with Crippen molar-refractivity contribution < 1.29 is 18.3 Å². The smallest absolute Gasteiger partial charge is 0.343 e. The Morgan fingerprint density at radius 2 is 1.82 bits per heavy atom. The molecular formula is C24H28F2O2. The van der Waals surface area contributed by atoms with Gasteiger partial charge < -0.3 is 4.74 Å². The zero-order valence-corrected chi connectivity index (χ0v) is 16.6. The zero-order chi connectivity index (χ0) is 19.8. The van der Waals surface area contributed by atoms with Gasteiger partial charge in [0, 0.05) is 5.39 Å². The van der Waals surface area contributed by atoms with Crippen LogP contribution in [0.4, 0.5) is 8.78 Å². The van der Waals surface area contributed by atoms with E-state index in [4.69, 9.17) is 0 Å². The van der Waals surface area contributed by atoms with Crippen LogP contribution in [0.25, 0.3) is 10.8 Å². The van der Waals surface area contributed by atoms with Crippen LogP contribution in [0.3, 0.4) is 0 Å². The topological polar surface area (TPSA) is 26.3 Å². The van der Waals surface area contributed by atoms with Crippen molar-refractivity contribution in [3.63, 3.8) is 0 Å². The number of methoxy groups -OCH3 is 1. The maximum atomic E-state index is 14.7. The van der Waals surface area contributed by atoms with Gasteiger partial charge in [-0.2, -0.15) is 0 Å². The molecule has 28 heavy (non-hydrogen) atoms. The summed E-state index contributed by atoms with van der Waals surface area (Å²) in [4.78, 5) is 11.7. The van der Waals surface area contributed by atoms with E-state index in [9.17, 15) is 13.6 Å². The van der Waals surface area contributed by atoms with Crippen LogP contribution >= 0.6 is 0 Å². The van der Waals surface area contributed by atoms with E-state index in [-0.39, 0.29) is 5.39 Å². The number of carbonyl (C=O) groups excluding carboxylic acids is 1. The lowest BCUT2D eigenvalue weighted by molar-refractivity contribution is 0.0590. The van der Waals surface area contributed by atoms with E-state index < -0.39 is 23.2 Å². The average Bonchev–Trinajstić information content (AvgIpc) is 2.72. The van der Waals surface area contributed by atoms with Gasteiger partial charge in [0.15, 0.2) is 0 Å². The highest BCUT2D eigenvalue weighted by molar-refractivity contribution is 5.96. The van der Waals surface area contributed by atoms with E-state index in [0.29, 0.717) is 11.3 Å². The SMILES string of the molecule is CCC1CC[C@@H]2CC(c3ccc4c(F)c(C(=O)OC)c(F)cc4c3)CC[C@H]2C1. The molecule has 2 unspecified atom stereocenters. The Morgan fingerprint density at radius 3 is 2.57 bits per heavy atom. The van der Waals surface area contributed by atoms with Gasteiger partial charge in [-0.15, -0.1) is 0 Å². The molecule has 0 aromatic heterocycles. The summed E-state index contributed by atoms with van der Waals surface area (Å²) in [6.45, 7) is 2.30. The second-order valence-electron chi connectivity index (χ2n) is 8.64. The maximum Gasteiger partial charge on any atom is 0.343 e. The minimum atomic E-state index is -0.984. The molecule has 2 nitrogen and oxygen atoms in total. The van der Waals surface area contributed by atoms with Crippen molar-refractivity contribution >= 4 is 16.7 Å². The molecule has 0 spiro atoms. The highest BCUT2D eigenvalue weighted by Crippen LogP contribution is 2.48. The van der Waals surface area contributed by atoms with Crippen LogP contribution in [0, 0.1) is 29.4 Å². The summed E-state index contributed by atoms with van der Waals surface area (Å²) in [5, 5.41) is 0.777. The molecule has 0 bridgehead atoms. The minimum Gasteiger partial charge on any atom is -0.465 e. The van der Waals surface area contributed by atoms with Gasteiger partial charge in [-0.05, 0) is 72.8 Å². The third-order valence-corrected chi connectivity index (χ3v) is 7.21. The number of hydrogen-bond donors (Lipinski definition) is 0. The summed E-state index contributed by atoms with van der Waals surface area (Å²) in [6, 6.07) is 6.80. The molecule has 0 aliphatic heterocycles. The average molecular weight is 386 g/mol. The summed E-state index contributed by atoms with van der Waals surface area (Å²) >= 11 is 0. The Kier molecular flexibility index (Phi) is 5.39. The quantitative estimate of drug-likeness (QED) is 0.555. The van der Waals surface area contributed by atoms with Gasteiger partial charge in [-0.25, -0.2) is 13.6 Å². The monoisotopic (exact) mass is 386 g/mol. The number of fused-ring (bicyclic) bond motifs is 2. The van der Waals surface area contributed by atoms with Gasteiger partial charge in [0.2, 0.25) is 0 Å². The first kappa shape index (κ1) is 19.4. The molecule has 2 aromatic rings. The minimum absolute atomic E-state index is 0.266. The van der Waals surface area contributed by atoms with Crippen molar-refractivity contribution in [2.24, 2.45) is 17.8 Å². The molecule has 150 valence electrons. The second-order valence-corrected chi connectivity index (χ2v) is 8.64. The second kappa shape index (κ2) is 7.81. The van der Waals surface area contributed by atoms with Gasteiger partial charge >= 0.3 is 5.97 Å². The zero-order valence-electron chi connectivity index (χ0n) is 16.6. The molecule has 4 rings (SSSR count). The largest absolute Gasteiger partial charge is 0.465 e. The predicted molar refractivity (Wildman–Crippen MR) is 106 cm³/mol. The molecule has 2 aromatic carbocycles. The van der Waals surface area contributed by atoms with Crippen LogP contribution in [0.1, 0.15) is 73.7 Å². The lowest BCUT2D eigenvalue weighted by atomic mass is 9.63. The summed E-state index contributed by atoms with van der Waals surface area (Å²) in [5.41, 5.74) is 0.545. The third-order valence-electron chi connectivity index (χ3n) is 7.21. The number of ether oxygens (including phenoxy) is 1. The van der Waals surface area contributed by atoms with E-state index in [1.165, 1.54) is 44.6 Å². The first-order valence-electron chi connectivity index (χ1n) is 10.5. The Hall–Kier alpha value is -1.97. The van der Waals surface area contributed by atoms with Crippen LogP contribution in [-0.2, 0) is 4.74 Å². The van der Waals surface area contributed by atoms with E-state index in [1.54, 1.807) is 6.07 Å². The number of esters is 1. The van der Waals surface area contributed by atoms with E-state index in [1.807, 2.05) is 12.1 Å². The number of rotatable bonds is 3. The predicted octanol–water partition coefficient (Wildman–Crippen LogP) is 6.61. The lowest BCUT2D eigenvalue weighted by Crippen LogP contribution is -2.30. The molecule has 2 fully saturated rings. The van der Waals surface area contributed by atoms with Crippen molar-refractivity contribution in [1.82, 2.24) is 0 Å². The van der Waals surface area contributed by atoms with Crippen LogP contribution in [0.5, 0.6) is 0 Å². The lowest BCUT2D eigenvalue weighted by Gasteiger charge is -2.42. The molecular weight excluding hydrogens is 358 g/mol. The molecule has 4 heteroatoms. The van der Waals surface area contributed by atoms with Gasteiger partial charge in [-0.3, -0.25) is 0 Å². The van der Waals surface area contributed by atoms with Gasteiger partial charge in [0.25, 0.3) is 0 Å². The normalized spacial score (nSPS) is 27.4. The van der Waals surface area contributed by atoms with Crippen LogP contribution < -0.4 is 0 Å². The Morgan fingerprint density at radius 1 is 1.07 bits per heavy atom. The molecule has 0 radical (unpaired) electrons. The molecule has 2 saturated carbocycles. The summed E-state index contributed by atoms with van der Waals surface area (Å²) in [5.74, 6) is 0.302. The third kappa shape index (κ3) is 3.42. The maximum absolute atomic E-state index is 14.7. The van der Waals surface area contributed by atoms with Crippen molar-refractivity contribution in [2.45, 2.75) is 57.8 Å². The highest BCUT2D eigenvalue weighted by atomic mass is 19.1. The number of halogens is 2. The number of carbonyl (C=O) groups is 1. The summed E-state index contributed by atoms with van der Waals surface area (Å²) < 4.78 is 33.5. The molecule has 0 heterocycles. The van der Waals surface area contributed by atoms with Crippen LogP contribution in [0.15, 0.2) is 24.3 Å². The van der Waals surface area contributed by atoms with E-state index in [2.05, 4.69) is 11.7 Å². The fourth-order valence-electron chi connectivity index (χ4n) is 5.55. The fourth-order valence-corrected chi connectivity index (χ4v) is 5.55. The molecule has 4 atom stereocenters.